The average molecular weight is 690 g/mol. The monoisotopic (exact) mass is 689 g/mol. The number of aliphatic hydroxyl groups is 1. The lowest BCUT2D eigenvalue weighted by molar-refractivity contribution is -0.155. The maximum Gasteiger partial charge on any atom is 0.306 e. The molecule has 2 heterocycles. The van der Waals surface area contributed by atoms with Crippen LogP contribution in [-0.2, 0) is 47.9 Å². The number of imide groups is 2. The van der Waals surface area contributed by atoms with Crippen LogP contribution in [0, 0.1) is 5.92 Å². The van der Waals surface area contributed by atoms with Gasteiger partial charge in [0.2, 0.25) is 17.7 Å². The Morgan fingerprint density at radius 3 is 1.67 bits per heavy atom. The minimum atomic E-state index is -1.60. The highest BCUT2D eigenvalue weighted by molar-refractivity contribution is 6.13. The quantitative estimate of drug-likeness (QED) is 0.0688. The van der Waals surface area contributed by atoms with Gasteiger partial charge in [0, 0.05) is 76.2 Å². The standard InChI is InChI=1S/C33H47N5O11/c1-21(15-19-39)20-22(40)30(35-23(41)8-6-17-37-25(43)11-12-26(37)44)31(32(48)34-16-5-10-29(47)49-33(2,3)4)36-24(42)9-7-18-38-27(45)13-14-28(38)46/h11-14,21,30-31,39H,5-10,15-20H2,1-4H3,(H,34,48)(H,35,41)(H,36,42)/t21?,30-,31+/m1/s1. The molecular weight excluding hydrogens is 642 g/mol. The number of esters is 1. The molecule has 0 spiro atoms. The molecule has 0 aromatic carbocycles. The van der Waals surface area contributed by atoms with Crippen molar-refractivity contribution in [3.63, 3.8) is 0 Å². The van der Waals surface area contributed by atoms with Crippen molar-refractivity contribution in [3.05, 3.63) is 24.3 Å². The van der Waals surface area contributed by atoms with Crippen molar-refractivity contribution >= 4 is 53.1 Å². The molecule has 16 heteroatoms. The van der Waals surface area contributed by atoms with Crippen molar-refractivity contribution in [3.8, 4) is 0 Å². The van der Waals surface area contributed by atoms with Crippen LogP contribution in [0.15, 0.2) is 24.3 Å². The third-order valence-corrected chi connectivity index (χ3v) is 7.42. The number of ether oxygens (including phenoxy) is 1. The van der Waals surface area contributed by atoms with E-state index >= 15 is 0 Å². The summed E-state index contributed by atoms with van der Waals surface area (Å²) in [5.41, 5.74) is -0.697. The van der Waals surface area contributed by atoms with Crippen LogP contribution < -0.4 is 16.0 Å². The molecule has 0 saturated carbocycles. The van der Waals surface area contributed by atoms with Crippen LogP contribution in [0.3, 0.4) is 0 Å². The summed E-state index contributed by atoms with van der Waals surface area (Å²) in [4.78, 5) is 115. The van der Waals surface area contributed by atoms with Gasteiger partial charge in [-0.25, -0.2) is 0 Å². The average Bonchev–Trinajstić information content (AvgIpc) is 3.50. The largest absolute Gasteiger partial charge is 0.460 e. The van der Waals surface area contributed by atoms with Crippen molar-refractivity contribution in [2.24, 2.45) is 5.92 Å². The van der Waals surface area contributed by atoms with E-state index in [1.54, 1.807) is 27.7 Å². The van der Waals surface area contributed by atoms with Gasteiger partial charge in [0.05, 0.1) is 0 Å². The molecule has 0 aliphatic carbocycles. The Bertz CT molecular complexity index is 1310. The van der Waals surface area contributed by atoms with Gasteiger partial charge in [-0.05, 0) is 52.4 Å². The molecule has 4 N–H and O–H groups in total. The third kappa shape index (κ3) is 14.1. The van der Waals surface area contributed by atoms with Gasteiger partial charge in [0.25, 0.3) is 23.6 Å². The number of hydrogen-bond acceptors (Lipinski definition) is 11. The summed E-state index contributed by atoms with van der Waals surface area (Å²) < 4.78 is 5.27. The van der Waals surface area contributed by atoms with Crippen molar-refractivity contribution in [1.82, 2.24) is 25.8 Å². The summed E-state index contributed by atoms with van der Waals surface area (Å²) in [6, 6.07) is -3.15. The molecule has 0 fully saturated rings. The molecular formula is C33H47N5O11. The number of ketones is 1. The first-order valence-electron chi connectivity index (χ1n) is 16.3. The van der Waals surface area contributed by atoms with E-state index in [1.807, 2.05) is 0 Å². The van der Waals surface area contributed by atoms with Gasteiger partial charge in [-0.2, -0.15) is 0 Å². The molecule has 7 amide bonds. The summed E-state index contributed by atoms with van der Waals surface area (Å²) in [5, 5.41) is 17.0. The fourth-order valence-electron chi connectivity index (χ4n) is 4.98. The van der Waals surface area contributed by atoms with Crippen LogP contribution in [0.2, 0.25) is 0 Å². The van der Waals surface area contributed by atoms with E-state index in [1.165, 1.54) is 0 Å². The molecule has 0 aromatic rings. The van der Waals surface area contributed by atoms with Gasteiger partial charge in [-0.3, -0.25) is 53.0 Å². The minimum absolute atomic E-state index is 0.0211. The number of amides is 7. The fraction of sp³-hybridized carbons (Fsp3) is 0.606. The van der Waals surface area contributed by atoms with E-state index in [0.29, 0.717) is 0 Å². The maximum atomic E-state index is 13.6. The summed E-state index contributed by atoms with van der Waals surface area (Å²) in [7, 11) is 0. The molecule has 2 rings (SSSR count). The number of aliphatic hydroxyl groups excluding tert-OH is 1. The number of Topliss-reactive ketones (excluding diaryl/α,β-unsaturated/α-hetero) is 1. The highest BCUT2D eigenvalue weighted by Gasteiger charge is 2.36. The smallest absolute Gasteiger partial charge is 0.306 e. The van der Waals surface area contributed by atoms with Crippen LogP contribution >= 0.6 is 0 Å². The Morgan fingerprint density at radius 1 is 0.755 bits per heavy atom. The zero-order chi connectivity index (χ0) is 36.7. The van der Waals surface area contributed by atoms with Gasteiger partial charge >= 0.3 is 5.97 Å². The Hall–Kier alpha value is -4.73. The number of rotatable bonds is 21. The van der Waals surface area contributed by atoms with Crippen molar-refractivity contribution in [2.45, 2.75) is 96.7 Å². The van der Waals surface area contributed by atoms with Crippen molar-refractivity contribution < 1.29 is 53.0 Å². The molecule has 0 saturated heterocycles. The van der Waals surface area contributed by atoms with E-state index in [4.69, 9.17) is 4.74 Å². The molecule has 0 aromatic heterocycles. The molecule has 2 aliphatic heterocycles. The van der Waals surface area contributed by atoms with Gasteiger partial charge in [0.15, 0.2) is 5.78 Å². The number of carbonyl (C=O) groups is 9. The summed E-state index contributed by atoms with van der Waals surface area (Å²) in [6.07, 6.45) is 4.36. The van der Waals surface area contributed by atoms with E-state index in [0.717, 1.165) is 34.1 Å². The first-order chi connectivity index (χ1) is 23.0. The van der Waals surface area contributed by atoms with E-state index in [9.17, 15) is 48.3 Å². The lowest BCUT2D eigenvalue weighted by atomic mass is 9.93. The lowest BCUT2D eigenvalue weighted by Crippen LogP contribution is -2.61. The Kier molecular flexibility index (Phi) is 15.9. The first kappa shape index (κ1) is 40.4. The number of carbonyl (C=O) groups excluding carboxylic acids is 9. The molecule has 0 radical (unpaired) electrons. The molecule has 3 atom stereocenters. The highest BCUT2D eigenvalue weighted by atomic mass is 16.6. The second-order valence-corrected chi connectivity index (χ2v) is 12.9. The highest BCUT2D eigenvalue weighted by Crippen LogP contribution is 2.14. The van der Waals surface area contributed by atoms with Crippen LogP contribution in [0.5, 0.6) is 0 Å². The number of nitrogens with zero attached hydrogens (tertiary/aromatic N) is 2. The minimum Gasteiger partial charge on any atom is -0.460 e. The molecule has 49 heavy (non-hydrogen) atoms. The molecule has 0 bridgehead atoms. The SMILES string of the molecule is CC(CCO)CC(=O)[C@@H](NC(=O)CCCN1C(=O)C=CC1=O)[C@H](NC(=O)CCCN1C(=O)C=CC1=O)C(=O)NCCCC(=O)OC(C)(C)C. The van der Waals surface area contributed by atoms with Gasteiger partial charge in [-0.15, -0.1) is 0 Å². The first-order valence-corrected chi connectivity index (χ1v) is 16.3. The third-order valence-electron chi connectivity index (χ3n) is 7.42. The lowest BCUT2D eigenvalue weighted by Gasteiger charge is -2.28. The van der Waals surface area contributed by atoms with Crippen LogP contribution in [0.1, 0.15) is 79.1 Å². The zero-order valence-corrected chi connectivity index (χ0v) is 28.5. The Morgan fingerprint density at radius 2 is 1.22 bits per heavy atom. The van der Waals surface area contributed by atoms with Crippen LogP contribution in [0.4, 0.5) is 0 Å². The Labute approximate surface area is 285 Å². The zero-order valence-electron chi connectivity index (χ0n) is 28.5. The number of nitrogens with one attached hydrogen (secondary N) is 3. The molecule has 1 unspecified atom stereocenters. The summed E-state index contributed by atoms with van der Waals surface area (Å²) in [5.74, 6) is -5.70. The summed E-state index contributed by atoms with van der Waals surface area (Å²) in [6.45, 7) is 6.50. The Balaban J connectivity index is 2.19. The maximum absolute atomic E-state index is 13.6. The fourth-order valence-corrected chi connectivity index (χ4v) is 4.98. The molecule has 2 aliphatic rings. The van der Waals surface area contributed by atoms with Crippen molar-refractivity contribution in [2.75, 3.05) is 26.2 Å². The molecule has 16 nitrogen and oxygen atoms in total. The van der Waals surface area contributed by atoms with Gasteiger partial charge in [0.1, 0.15) is 17.7 Å². The topological polar surface area (TPSA) is 226 Å². The summed E-state index contributed by atoms with van der Waals surface area (Å²) >= 11 is 0. The van der Waals surface area contributed by atoms with Gasteiger partial charge in [-0.1, -0.05) is 6.92 Å². The van der Waals surface area contributed by atoms with Crippen molar-refractivity contribution in [1.29, 1.82) is 0 Å². The molecule has 270 valence electrons. The second kappa shape index (κ2) is 19.3. The second-order valence-electron chi connectivity index (χ2n) is 12.9. The predicted molar refractivity (Wildman–Crippen MR) is 173 cm³/mol. The normalized spacial score (nSPS) is 16.1. The van der Waals surface area contributed by atoms with Crippen LogP contribution in [-0.4, -0.2) is 112 Å². The number of hydrogen-bond donors (Lipinski definition) is 4. The van der Waals surface area contributed by atoms with E-state index in [2.05, 4.69) is 16.0 Å². The predicted octanol–water partition coefficient (Wildman–Crippen LogP) is -0.418. The van der Waals surface area contributed by atoms with E-state index < -0.39 is 70.8 Å². The van der Waals surface area contributed by atoms with Crippen LogP contribution in [0.25, 0.3) is 0 Å². The van der Waals surface area contributed by atoms with E-state index in [-0.39, 0.29) is 83.5 Å². The van der Waals surface area contributed by atoms with Gasteiger partial charge < -0.3 is 25.8 Å².